The first-order valence-corrected chi connectivity index (χ1v) is 7.69. The minimum Gasteiger partial charge on any atom is -0.496 e. The minimum absolute atomic E-state index is 0.169. The van der Waals surface area contributed by atoms with Crippen LogP contribution in [0.3, 0.4) is 0 Å². The number of aryl methyl sites for hydroxylation is 3. The largest absolute Gasteiger partial charge is 0.496 e. The lowest BCUT2D eigenvalue weighted by atomic mass is 9.93. The van der Waals surface area contributed by atoms with Gasteiger partial charge in [0.05, 0.1) is 13.2 Å². The van der Waals surface area contributed by atoms with Crippen LogP contribution in [-0.4, -0.2) is 7.11 Å². The molecular weight excluding hydrogens is 361 g/mol. The topological polar surface area (TPSA) is 35.2 Å². The maximum Gasteiger partial charge on any atom is 0.124 e. The summed E-state index contributed by atoms with van der Waals surface area (Å²) in [7, 11) is 1.70. The first-order valence-electron chi connectivity index (χ1n) is 6.61. The van der Waals surface area contributed by atoms with Gasteiger partial charge in [0.15, 0.2) is 0 Å². The molecule has 0 spiro atoms. The van der Waals surface area contributed by atoms with E-state index in [0.29, 0.717) is 0 Å². The van der Waals surface area contributed by atoms with Gasteiger partial charge in [-0.05, 0) is 71.7 Å². The van der Waals surface area contributed by atoms with E-state index in [0.717, 1.165) is 16.9 Å². The highest BCUT2D eigenvalue weighted by atomic mass is 127. The second-order valence-corrected chi connectivity index (χ2v) is 6.23. The third-order valence-corrected chi connectivity index (χ3v) is 5.05. The monoisotopic (exact) mass is 381 g/mol. The molecule has 1 unspecified atom stereocenters. The van der Waals surface area contributed by atoms with Gasteiger partial charge in [-0.2, -0.15) is 0 Å². The molecule has 2 rings (SSSR count). The number of ether oxygens (including phenoxy) is 1. The Morgan fingerprint density at radius 2 is 1.80 bits per heavy atom. The van der Waals surface area contributed by atoms with E-state index in [9.17, 15) is 0 Å². The van der Waals surface area contributed by atoms with E-state index in [2.05, 4.69) is 67.6 Å². The molecule has 2 nitrogen and oxygen atoms in total. The van der Waals surface area contributed by atoms with Crippen LogP contribution in [-0.2, 0) is 0 Å². The van der Waals surface area contributed by atoms with Crippen LogP contribution in [0.5, 0.6) is 5.75 Å². The average Bonchev–Trinajstić information content (AvgIpc) is 2.40. The zero-order valence-corrected chi connectivity index (χ0v) is 14.5. The van der Waals surface area contributed by atoms with Crippen LogP contribution in [0.1, 0.15) is 33.9 Å². The summed E-state index contributed by atoms with van der Waals surface area (Å²) in [5.74, 6) is 0.868. The van der Waals surface area contributed by atoms with E-state index >= 15 is 0 Å². The maximum atomic E-state index is 6.53. The molecule has 0 bridgehead atoms. The third kappa shape index (κ3) is 2.83. The molecule has 1 atom stereocenters. The van der Waals surface area contributed by atoms with Crippen LogP contribution in [0.25, 0.3) is 0 Å². The number of halogens is 1. The van der Waals surface area contributed by atoms with Crippen molar-refractivity contribution in [1.82, 2.24) is 0 Å². The first kappa shape index (κ1) is 15.3. The zero-order chi connectivity index (χ0) is 14.9. The number of hydrogen-bond donors (Lipinski definition) is 1. The van der Waals surface area contributed by atoms with Crippen LogP contribution >= 0.6 is 22.6 Å². The highest BCUT2D eigenvalue weighted by Gasteiger charge is 2.19. The molecule has 0 saturated heterocycles. The van der Waals surface area contributed by atoms with E-state index in [4.69, 9.17) is 10.5 Å². The molecule has 0 amide bonds. The summed E-state index contributed by atoms with van der Waals surface area (Å²) in [5, 5.41) is 0. The van der Waals surface area contributed by atoms with E-state index in [1.54, 1.807) is 7.11 Å². The number of hydrogen-bond acceptors (Lipinski definition) is 2. The van der Waals surface area contributed by atoms with Gasteiger partial charge in [0, 0.05) is 9.13 Å². The van der Waals surface area contributed by atoms with Crippen LogP contribution in [0.4, 0.5) is 0 Å². The fourth-order valence-corrected chi connectivity index (χ4v) is 3.27. The molecule has 0 radical (unpaired) electrons. The van der Waals surface area contributed by atoms with Gasteiger partial charge in [0.25, 0.3) is 0 Å². The lowest BCUT2D eigenvalue weighted by Gasteiger charge is -2.21. The number of methoxy groups -OCH3 is 1. The van der Waals surface area contributed by atoms with Crippen molar-refractivity contribution < 1.29 is 4.74 Å². The molecular formula is C17H20INO. The molecule has 0 aliphatic heterocycles. The SMILES string of the molecule is COc1cc(C)cc(C)c1C(N)c1cccc(C)c1I. The van der Waals surface area contributed by atoms with E-state index in [-0.39, 0.29) is 6.04 Å². The Hall–Kier alpha value is -1.07. The van der Waals surface area contributed by atoms with E-state index in [1.165, 1.54) is 20.3 Å². The molecule has 0 fully saturated rings. The number of benzene rings is 2. The molecule has 2 N–H and O–H groups in total. The highest BCUT2D eigenvalue weighted by molar-refractivity contribution is 14.1. The normalized spacial score (nSPS) is 12.3. The molecule has 20 heavy (non-hydrogen) atoms. The summed E-state index contributed by atoms with van der Waals surface area (Å²) in [6.07, 6.45) is 0. The van der Waals surface area contributed by atoms with Crippen molar-refractivity contribution in [1.29, 1.82) is 0 Å². The summed E-state index contributed by atoms with van der Waals surface area (Å²) < 4.78 is 6.76. The lowest BCUT2D eigenvalue weighted by Crippen LogP contribution is -2.16. The van der Waals surface area contributed by atoms with Crippen molar-refractivity contribution >= 4 is 22.6 Å². The van der Waals surface area contributed by atoms with Gasteiger partial charge in [0.2, 0.25) is 0 Å². The summed E-state index contributed by atoms with van der Waals surface area (Å²) in [6.45, 7) is 6.27. The van der Waals surface area contributed by atoms with Crippen molar-refractivity contribution in [3.8, 4) is 5.75 Å². The van der Waals surface area contributed by atoms with Crippen LogP contribution in [0.15, 0.2) is 30.3 Å². The zero-order valence-electron chi connectivity index (χ0n) is 12.3. The van der Waals surface area contributed by atoms with Crippen LogP contribution < -0.4 is 10.5 Å². The van der Waals surface area contributed by atoms with Crippen LogP contribution in [0, 0.1) is 24.3 Å². The fraction of sp³-hybridized carbons (Fsp3) is 0.294. The Kier molecular flexibility index (Phi) is 4.70. The van der Waals surface area contributed by atoms with Gasteiger partial charge in [-0.15, -0.1) is 0 Å². The Balaban J connectivity index is 2.59. The van der Waals surface area contributed by atoms with E-state index in [1.807, 2.05) is 6.07 Å². The Labute approximate surface area is 134 Å². The second kappa shape index (κ2) is 6.14. The molecule has 0 heterocycles. The van der Waals surface area contributed by atoms with Crippen molar-refractivity contribution in [2.45, 2.75) is 26.8 Å². The lowest BCUT2D eigenvalue weighted by molar-refractivity contribution is 0.407. The standard InChI is InChI=1S/C17H20INO/c1-10-8-12(3)15(14(9-10)20-4)17(19)13-7-5-6-11(2)16(13)18/h5-9,17H,19H2,1-4H3. The fourth-order valence-electron chi connectivity index (χ4n) is 2.57. The first-order chi connectivity index (χ1) is 9.45. The Morgan fingerprint density at radius 3 is 2.45 bits per heavy atom. The molecule has 0 aromatic heterocycles. The molecule has 0 aliphatic carbocycles. The predicted molar refractivity (Wildman–Crippen MR) is 92.4 cm³/mol. The number of nitrogens with two attached hydrogens (primary N) is 1. The highest BCUT2D eigenvalue weighted by Crippen LogP contribution is 2.34. The van der Waals surface area contributed by atoms with Gasteiger partial charge in [-0.1, -0.05) is 24.3 Å². The average molecular weight is 381 g/mol. The quantitative estimate of drug-likeness (QED) is 0.806. The molecule has 3 heteroatoms. The summed E-state index contributed by atoms with van der Waals surface area (Å²) in [6, 6.07) is 10.3. The number of rotatable bonds is 3. The molecule has 0 saturated carbocycles. The van der Waals surface area contributed by atoms with Crippen molar-refractivity contribution in [2.75, 3.05) is 7.11 Å². The van der Waals surface area contributed by atoms with Crippen molar-refractivity contribution in [3.63, 3.8) is 0 Å². The molecule has 2 aromatic carbocycles. The maximum absolute atomic E-state index is 6.53. The summed E-state index contributed by atoms with van der Waals surface area (Å²) in [4.78, 5) is 0. The molecule has 0 aliphatic rings. The molecule has 2 aromatic rings. The van der Waals surface area contributed by atoms with Gasteiger partial charge in [-0.25, -0.2) is 0 Å². The van der Waals surface area contributed by atoms with Gasteiger partial charge in [-0.3, -0.25) is 0 Å². The minimum atomic E-state index is -0.169. The van der Waals surface area contributed by atoms with Gasteiger partial charge < -0.3 is 10.5 Å². The van der Waals surface area contributed by atoms with Gasteiger partial charge in [0.1, 0.15) is 5.75 Å². The van der Waals surface area contributed by atoms with Crippen molar-refractivity contribution in [3.05, 3.63) is 61.7 Å². The van der Waals surface area contributed by atoms with E-state index < -0.39 is 0 Å². The van der Waals surface area contributed by atoms with Gasteiger partial charge >= 0.3 is 0 Å². The predicted octanol–water partition coefficient (Wildman–Crippen LogP) is 4.27. The van der Waals surface area contributed by atoms with Crippen molar-refractivity contribution in [2.24, 2.45) is 5.73 Å². The smallest absolute Gasteiger partial charge is 0.124 e. The summed E-state index contributed by atoms with van der Waals surface area (Å²) >= 11 is 2.37. The summed E-state index contributed by atoms with van der Waals surface area (Å²) in [5.41, 5.74) is 12.4. The Bertz CT molecular complexity index is 637. The second-order valence-electron chi connectivity index (χ2n) is 5.15. The third-order valence-electron chi connectivity index (χ3n) is 3.58. The Morgan fingerprint density at radius 1 is 1.10 bits per heavy atom. The van der Waals surface area contributed by atoms with Crippen LogP contribution in [0.2, 0.25) is 0 Å². The molecule has 106 valence electrons.